The van der Waals surface area contributed by atoms with Gasteiger partial charge in [-0.3, -0.25) is 13.6 Å². The summed E-state index contributed by atoms with van der Waals surface area (Å²) in [5.74, 6) is -2.57. The molecule has 11 heteroatoms. The van der Waals surface area contributed by atoms with E-state index in [0.717, 1.165) is 20.8 Å². The molecule has 0 rings (SSSR count). The molecule has 0 saturated carbocycles. The maximum absolute atomic E-state index is 11.7. The van der Waals surface area contributed by atoms with Crippen LogP contribution in [-0.4, -0.2) is 66.1 Å². The van der Waals surface area contributed by atoms with Crippen molar-refractivity contribution in [3.05, 3.63) is 0 Å². The largest absolute Gasteiger partial charge is 0.544 e. The molecule has 0 aliphatic rings. The van der Waals surface area contributed by atoms with Crippen LogP contribution < -0.4 is 5.11 Å². The smallest absolute Gasteiger partial charge is 0.321 e. The van der Waals surface area contributed by atoms with Crippen LogP contribution in [0.3, 0.4) is 0 Å². The highest BCUT2D eigenvalue weighted by molar-refractivity contribution is 7.87. The number of hydrogen-bond acceptors (Lipinski definition) is 6. The number of rotatable bonds is 8. The molecule has 2 N–H and O–H groups in total. The van der Waals surface area contributed by atoms with Gasteiger partial charge in [-0.1, -0.05) is 0 Å². The molecule has 2 atom stereocenters. The van der Waals surface area contributed by atoms with Crippen molar-refractivity contribution in [1.82, 2.24) is 0 Å². The van der Waals surface area contributed by atoms with E-state index in [4.69, 9.17) is 4.55 Å². The van der Waals surface area contributed by atoms with Crippen LogP contribution >= 0.6 is 0 Å². The number of likely N-dealkylation sites (N-methyl/N-ethyl adjacent to an activating group) is 1. The number of carbonyl (C=O) groups excluding carboxylic acids is 1. The van der Waals surface area contributed by atoms with Crippen LogP contribution in [0.4, 0.5) is 0 Å². The molecule has 0 aliphatic carbocycles. The fourth-order valence-corrected chi connectivity index (χ4v) is 3.95. The van der Waals surface area contributed by atoms with Gasteiger partial charge in [0.05, 0.1) is 19.3 Å². The Morgan fingerprint density at radius 2 is 1.55 bits per heavy atom. The molecule has 0 bridgehead atoms. The fraction of sp³-hybridized carbons (Fsp3) is 0.909. The molecular weight excluding hydrogens is 338 g/mol. The van der Waals surface area contributed by atoms with E-state index in [-0.39, 0.29) is 6.54 Å². The first-order valence-corrected chi connectivity index (χ1v) is 9.50. The lowest BCUT2D eigenvalue weighted by Crippen LogP contribution is -2.76. The van der Waals surface area contributed by atoms with Gasteiger partial charge < -0.3 is 9.90 Å². The van der Waals surface area contributed by atoms with Crippen LogP contribution in [0.25, 0.3) is 0 Å². The highest BCUT2D eigenvalue weighted by atomic mass is 32.2. The Labute approximate surface area is 131 Å². The number of hydrogen-bond donors (Lipinski definition) is 2. The van der Waals surface area contributed by atoms with Gasteiger partial charge in [-0.25, -0.2) is 0 Å². The van der Waals surface area contributed by atoms with Crippen molar-refractivity contribution >= 4 is 26.2 Å². The van der Waals surface area contributed by atoms with Crippen LogP contribution in [0.15, 0.2) is 0 Å². The van der Waals surface area contributed by atoms with Gasteiger partial charge in [0.25, 0.3) is 10.1 Å². The molecule has 0 aliphatic heterocycles. The van der Waals surface area contributed by atoms with E-state index in [1.807, 2.05) is 0 Å². The molecule has 0 saturated heterocycles. The minimum absolute atomic E-state index is 0.0528. The van der Waals surface area contributed by atoms with Crippen molar-refractivity contribution in [2.75, 3.05) is 19.3 Å². The molecule has 9 nitrogen and oxygen atoms in total. The monoisotopic (exact) mass is 361 g/mol. The lowest BCUT2D eigenvalue weighted by atomic mass is 9.91. The number of nitrogens with zero attached hydrogens (tertiary/aromatic N) is 1. The quantitative estimate of drug-likeness (QED) is 0.407. The van der Waals surface area contributed by atoms with Gasteiger partial charge >= 0.3 is 10.1 Å². The minimum atomic E-state index is -4.67. The van der Waals surface area contributed by atoms with E-state index >= 15 is 0 Å². The van der Waals surface area contributed by atoms with Gasteiger partial charge in [0, 0.05) is 20.3 Å². The number of carboxylic acids is 1. The summed E-state index contributed by atoms with van der Waals surface area (Å²) in [6, 6.07) is 0. The maximum atomic E-state index is 11.7. The Morgan fingerprint density at radius 1 is 1.14 bits per heavy atom. The predicted octanol–water partition coefficient (Wildman–Crippen LogP) is -1.14. The zero-order valence-corrected chi connectivity index (χ0v) is 14.9. The second kappa shape index (κ2) is 6.04. The Morgan fingerprint density at radius 3 is 1.77 bits per heavy atom. The first-order chi connectivity index (χ1) is 9.46. The number of quaternary nitrogens is 1. The molecule has 0 heterocycles. The lowest BCUT2D eigenvalue weighted by Gasteiger charge is -2.56. The standard InChI is InChI=1S/C11H23NO8S2/c1-6-12(5,10(2,3)22(18,19)20)11(4,9(13)14)7-8-21(15,16)17/h6-8H2,1-5H3,(H2-,13,14,15,16,17,18,19,20). The third kappa shape index (κ3) is 3.59. The van der Waals surface area contributed by atoms with Crippen molar-refractivity contribution in [2.24, 2.45) is 0 Å². The van der Waals surface area contributed by atoms with Crippen LogP contribution in [0.5, 0.6) is 0 Å². The number of carboxylic acid groups (broad SMARTS) is 1. The van der Waals surface area contributed by atoms with Gasteiger partial charge in [0.15, 0.2) is 0 Å². The first kappa shape index (κ1) is 21.2. The molecule has 22 heavy (non-hydrogen) atoms. The van der Waals surface area contributed by atoms with Crippen LogP contribution in [0, 0.1) is 0 Å². The van der Waals surface area contributed by atoms with Gasteiger partial charge in [0.2, 0.25) is 4.87 Å². The van der Waals surface area contributed by atoms with Crippen molar-refractivity contribution < 1.29 is 40.3 Å². The Balaban J connectivity index is 6.26. The summed E-state index contributed by atoms with van der Waals surface area (Å²) in [6.45, 7) is 4.86. The average molecular weight is 361 g/mol. The highest BCUT2D eigenvalue weighted by Gasteiger charge is 2.59. The Bertz CT molecular complexity index is 639. The molecule has 0 spiro atoms. The van der Waals surface area contributed by atoms with E-state index in [1.54, 1.807) is 0 Å². The number of aliphatic carboxylic acids is 1. The molecular formula is C11H23NO8S2. The minimum Gasteiger partial charge on any atom is -0.544 e. The maximum Gasteiger partial charge on any atom is 0.321 e. The molecule has 0 aromatic carbocycles. The molecule has 2 unspecified atom stereocenters. The lowest BCUT2D eigenvalue weighted by molar-refractivity contribution is -0.977. The average Bonchev–Trinajstić information content (AvgIpc) is 2.31. The fourth-order valence-electron chi connectivity index (χ4n) is 2.46. The van der Waals surface area contributed by atoms with Gasteiger partial charge in [-0.2, -0.15) is 16.8 Å². The highest BCUT2D eigenvalue weighted by Crippen LogP contribution is 2.38. The zero-order chi connectivity index (χ0) is 18.2. The van der Waals surface area contributed by atoms with Crippen molar-refractivity contribution in [2.45, 2.75) is 44.5 Å². The SMILES string of the molecule is CC[N+](C)(C(C)(CCS(=O)(=O)O)C(=O)[O-])C(C)(C)S(=O)(=O)O. The van der Waals surface area contributed by atoms with E-state index in [0.29, 0.717) is 0 Å². The summed E-state index contributed by atoms with van der Waals surface area (Å²) < 4.78 is 62.8. The van der Waals surface area contributed by atoms with Crippen molar-refractivity contribution in [1.29, 1.82) is 0 Å². The Kier molecular flexibility index (Phi) is 5.83. The van der Waals surface area contributed by atoms with Crippen LogP contribution in [0.2, 0.25) is 0 Å². The third-order valence-electron chi connectivity index (χ3n) is 4.83. The second-order valence-electron chi connectivity index (χ2n) is 6.03. The van der Waals surface area contributed by atoms with Gasteiger partial charge in [-0.05, 0) is 13.8 Å². The summed E-state index contributed by atoms with van der Waals surface area (Å²) >= 11 is 0. The molecule has 132 valence electrons. The molecule has 0 amide bonds. The first-order valence-electron chi connectivity index (χ1n) is 6.45. The van der Waals surface area contributed by atoms with E-state index in [2.05, 4.69) is 0 Å². The Hall–Kier alpha value is -0.750. The predicted molar refractivity (Wildman–Crippen MR) is 76.8 cm³/mol. The number of carbonyl (C=O) groups is 1. The van der Waals surface area contributed by atoms with Gasteiger partial charge in [-0.15, -0.1) is 0 Å². The van der Waals surface area contributed by atoms with Crippen LogP contribution in [0.1, 0.15) is 34.1 Å². The topological polar surface area (TPSA) is 149 Å². The summed E-state index contributed by atoms with van der Waals surface area (Å²) in [5.41, 5.74) is -1.98. The third-order valence-corrected chi connectivity index (χ3v) is 7.21. The second-order valence-corrected chi connectivity index (χ2v) is 9.55. The summed E-state index contributed by atoms with van der Waals surface area (Å²) in [4.78, 5) is 9.69. The van der Waals surface area contributed by atoms with Crippen molar-refractivity contribution in [3.8, 4) is 0 Å². The summed E-state index contributed by atoms with van der Waals surface area (Å²) in [7, 11) is -7.86. The van der Waals surface area contributed by atoms with Gasteiger partial charge in [0.1, 0.15) is 11.5 Å². The summed E-state index contributed by atoms with van der Waals surface area (Å²) in [6.07, 6.45) is -0.586. The molecule has 0 radical (unpaired) electrons. The van der Waals surface area contributed by atoms with E-state index < -0.39 is 53.3 Å². The van der Waals surface area contributed by atoms with E-state index in [9.17, 15) is 31.3 Å². The zero-order valence-electron chi connectivity index (χ0n) is 13.2. The molecule has 0 fully saturated rings. The van der Waals surface area contributed by atoms with E-state index in [1.165, 1.54) is 14.0 Å². The van der Waals surface area contributed by atoms with Crippen molar-refractivity contribution in [3.63, 3.8) is 0 Å². The molecule has 0 aromatic heterocycles. The molecule has 0 aromatic rings. The summed E-state index contributed by atoms with van der Waals surface area (Å²) in [5, 5.41) is 11.6. The normalized spacial score (nSPS) is 19.2. The van der Waals surface area contributed by atoms with Crippen LogP contribution in [-0.2, 0) is 25.0 Å².